The minimum absolute atomic E-state index is 0.206. The largest absolute Gasteiger partial charge is 0.396 e. The van der Waals surface area contributed by atoms with Gasteiger partial charge in [-0.1, -0.05) is 0 Å². The number of nitrogens with two attached hydrogens (primary N) is 1. The molecule has 3 rings (SSSR count). The first-order valence-electron chi connectivity index (χ1n) is 6.55. The Kier molecular flexibility index (Phi) is 3.37. The summed E-state index contributed by atoms with van der Waals surface area (Å²) in [5.41, 5.74) is 7.20. The lowest BCUT2D eigenvalue weighted by molar-refractivity contribution is 0.623. The normalized spacial score (nSPS) is 15.4. The summed E-state index contributed by atoms with van der Waals surface area (Å²) in [4.78, 5) is 12.8. The average molecular weight is 273 g/mol. The fourth-order valence-corrected chi connectivity index (χ4v) is 2.31. The Balaban J connectivity index is 1.64. The van der Waals surface area contributed by atoms with Gasteiger partial charge in [0.25, 0.3) is 0 Å². The molecule has 0 unspecified atom stereocenters. The first-order chi connectivity index (χ1) is 9.72. The van der Waals surface area contributed by atoms with E-state index in [1.54, 1.807) is 12.4 Å². The van der Waals surface area contributed by atoms with Gasteiger partial charge in [-0.2, -0.15) is 0 Å². The van der Waals surface area contributed by atoms with Crippen LogP contribution in [0.2, 0.25) is 0 Å². The van der Waals surface area contributed by atoms with Gasteiger partial charge < -0.3 is 15.5 Å². The molecule has 1 saturated heterocycles. The first-order valence-corrected chi connectivity index (χ1v) is 6.55. The summed E-state index contributed by atoms with van der Waals surface area (Å²) in [6.45, 7) is 3.39. The number of hydrogen-bond acceptors (Lipinski definition) is 5. The summed E-state index contributed by atoms with van der Waals surface area (Å²) in [6, 6.07) is 6.60. The molecule has 0 atom stereocenters. The molecule has 0 amide bonds. The van der Waals surface area contributed by atoms with Gasteiger partial charge in [0.05, 0.1) is 18.1 Å². The second-order valence-electron chi connectivity index (χ2n) is 4.77. The molecular formula is C14H16FN5. The van der Waals surface area contributed by atoms with E-state index in [-0.39, 0.29) is 5.82 Å². The number of halogens is 1. The smallest absolute Gasteiger partial charge is 0.225 e. The summed E-state index contributed by atoms with van der Waals surface area (Å²) < 4.78 is 12.9. The fraction of sp³-hybridized carbons (Fsp3) is 0.286. The standard InChI is InChI=1S/C14H16FN5/c15-11-1-3-13(4-2-11)19-5-7-20(8-6-19)14-17-9-12(16)10-18-14/h1-4,9-10H,5-8,16H2. The molecule has 0 radical (unpaired) electrons. The van der Waals surface area contributed by atoms with Crippen LogP contribution in [0.4, 0.5) is 21.7 Å². The van der Waals surface area contributed by atoms with Gasteiger partial charge in [-0.25, -0.2) is 14.4 Å². The van der Waals surface area contributed by atoms with Gasteiger partial charge in [-0.05, 0) is 24.3 Å². The molecule has 0 bridgehead atoms. The van der Waals surface area contributed by atoms with Gasteiger partial charge in [0.2, 0.25) is 5.95 Å². The monoisotopic (exact) mass is 273 g/mol. The summed E-state index contributed by atoms with van der Waals surface area (Å²) >= 11 is 0. The van der Waals surface area contributed by atoms with Crippen LogP contribution in [-0.4, -0.2) is 36.1 Å². The second kappa shape index (κ2) is 5.32. The molecule has 0 spiro atoms. The Morgan fingerprint density at radius 3 is 2.05 bits per heavy atom. The van der Waals surface area contributed by atoms with E-state index in [4.69, 9.17) is 5.73 Å². The van der Waals surface area contributed by atoms with Crippen LogP contribution < -0.4 is 15.5 Å². The van der Waals surface area contributed by atoms with E-state index in [1.807, 2.05) is 12.1 Å². The van der Waals surface area contributed by atoms with Crippen LogP contribution in [0.15, 0.2) is 36.7 Å². The maximum Gasteiger partial charge on any atom is 0.225 e. The van der Waals surface area contributed by atoms with Crippen LogP contribution in [0.3, 0.4) is 0 Å². The number of hydrogen-bond donors (Lipinski definition) is 1. The minimum Gasteiger partial charge on any atom is -0.396 e. The van der Waals surface area contributed by atoms with E-state index < -0.39 is 0 Å². The van der Waals surface area contributed by atoms with Gasteiger partial charge in [0.15, 0.2) is 0 Å². The van der Waals surface area contributed by atoms with E-state index in [9.17, 15) is 4.39 Å². The van der Waals surface area contributed by atoms with Crippen molar-refractivity contribution in [2.75, 3.05) is 41.7 Å². The molecule has 20 heavy (non-hydrogen) atoms. The second-order valence-corrected chi connectivity index (χ2v) is 4.77. The van der Waals surface area contributed by atoms with Crippen molar-refractivity contribution in [1.29, 1.82) is 0 Å². The summed E-state index contributed by atoms with van der Waals surface area (Å²) in [5.74, 6) is 0.501. The van der Waals surface area contributed by atoms with E-state index in [0.717, 1.165) is 31.9 Å². The highest BCUT2D eigenvalue weighted by molar-refractivity contribution is 5.48. The highest BCUT2D eigenvalue weighted by Crippen LogP contribution is 2.18. The maximum atomic E-state index is 12.9. The number of nitrogens with zero attached hydrogens (tertiary/aromatic N) is 4. The molecular weight excluding hydrogens is 257 g/mol. The molecule has 1 aliphatic rings. The van der Waals surface area contributed by atoms with Crippen LogP contribution in [0, 0.1) is 5.82 Å². The molecule has 2 N–H and O–H groups in total. The van der Waals surface area contributed by atoms with Gasteiger partial charge in [-0.15, -0.1) is 0 Å². The van der Waals surface area contributed by atoms with Crippen LogP contribution in [0.5, 0.6) is 0 Å². The van der Waals surface area contributed by atoms with E-state index in [1.165, 1.54) is 12.1 Å². The van der Waals surface area contributed by atoms with Gasteiger partial charge in [0, 0.05) is 31.9 Å². The third-order valence-corrected chi connectivity index (χ3v) is 3.41. The van der Waals surface area contributed by atoms with Gasteiger partial charge in [0.1, 0.15) is 5.82 Å². The Morgan fingerprint density at radius 1 is 0.900 bits per heavy atom. The third kappa shape index (κ3) is 2.64. The van der Waals surface area contributed by atoms with Gasteiger partial charge in [-0.3, -0.25) is 0 Å². The van der Waals surface area contributed by atoms with Crippen molar-refractivity contribution in [3.63, 3.8) is 0 Å². The molecule has 2 aromatic rings. The van der Waals surface area contributed by atoms with Crippen molar-refractivity contribution < 1.29 is 4.39 Å². The van der Waals surface area contributed by atoms with Crippen molar-refractivity contribution >= 4 is 17.3 Å². The molecule has 1 aromatic heterocycles. The van der Waals surface area contributed by atoms with E-state index in [0.29, 0.717) is 11.6 Å². The van der Waals surface area contributed by atoms with E-state index >= 15 is 0 Å². The Bertz CT molecular complexity index is 508. The molecule has 5 nitrogen and oxygen atoms in total. The zero-order valence-electron chi connectivity index (χ0n) is 11.0. The predicted octanol–water partition coefficient (Wildman–Crippen LogP) is 1.52. The number of benzene rings is 1. The summed E-state index contributed by atoms with van der Waals surface area (Å²) in [6.07, 6.45) is 3.24. The highest BCUT2D eigenvalue weighted by Gasteiger charge is 2.19. The van der Waals surface area contributed by atoms with Crippen LogP contribution in [-0.2, 0) is 0 Å². The molecule has 0 aliphatic carbocycles. The first kappa shape index (κ1) is 12.7. The van der Waals surface area contributed by atoms with Crippen molar-refractivity contribution in [3.05, 3.63) is 42.5 Å². The molecule has 1 aliphatic heterocycles. The number of anilines is 3. The van der Waals surface area contributed by atoms with Crippen molar-refractivity contribution in [2.24, 2.45) is 0 Å². The Labute approximate surface area is 116 Å². The highest BCUT2D eigenvalue weighted by atomic mass is 19.1. The lowest BCUT2D eigenvalue weighted by atomic mass is 10.2. The maximum absolute atomic E-state index is 12.9. The molecule has 1 aromatic carbocycles. The van der Waals surface area contributed by atoms with E-state index in [2.05, 4.69) is 19.8 Å². The predicted molar refractivity (Wildman–Crippen MR) is 77.3 cm³/mol. The SMILES string of the molecule is Nc1cnc(N2CCN(c3ccc(F)cc3)CC2)nc1. The topological polar surface area (TPSA) is 58.3 Å². The van der Waals surface area contributed by atoms with Crippen molar-refractivity contribution in [2.45, 2.75) is 0 Å². The quantitative estimate of drug-likeness (QED) is 0.899. The molecule has 1 fully saturated rings. The molecule has 104 valence electrons. The van der Waals surface area contributed by atoms with Crippen molar-refractivity contribution in [3.8, 4) is 0 Å². The lowest BCUT2D eigenvalue weighted by Gasteiger charge is -2.36. The number of aromatic nitrogens is 2. The van der Waals surface area contributed by atoms with Crippen LogP contribution >= 0.6 is 0 Å². The Hall–Kier alpha value is -2.37. The number of nitrogen functional groups attached to an aromatic ring is 1. The minimum atomic E-state index is -0.206. The lowest BCUT2D eigenvalue weighted by Crippen LogP contribution is -2.47. The van der Waals surface area contributed by atoms with Crippen molar-refractivity contribution in [1.82, 2.24) is 9.97 Å². The van der Waals surface area contributed by atoms with Gasteiger partial charge >= 0.3 is 0 Å². The summed E-state index contributed by atoms with van der Waals surface area (Å²) in [5, 5.41) is 0. The van der Waals surface area contributed by atoms with Crippen LogP contribution in [0.25, 0.3) is 0 Å². The summed E-state index contributed by atoms with van der Waals surface area (Å²) in [7, 11) is 0. The molecule has 2 heterocycles. The zero-order chi connectivity index (χ0) is 13.9. The zero-order valence-corrected chi connectivity index (χ0v) is 11.0. The average Bonchev–Trinajstić information content (AvgIpc) is 2.49. The number of piperazine rings is 1. The van der Waals surface area contributed by atoms with Crippen LogP contribution in [0.1, 0.15) is 0 Å². The molecule has 0 saturated carbocycles. The Morgan fingerprint density at radius 2 is 1.45 bits per heavy atom. The molecule has 6 heteroatoms. The fourth-order valence-electron chi connectivity index (χ4n) is 2.31. The third-order valence-electron chi connectivity index (χ3n) is 3.41. The number of rotatable bonds is 2.